The number of hydrogen-bond acceptors (Lipinski definition) is 12. The minimum absolute atomic E-state index is 0.154. The number of thioether (sulfide) groups is 2. The quantitative estimate of drug-likeness (QED) is 0.0719. The standard InChI is InChI=1S/C36H40N4O8S4/c1-3-47-33(45)23-13-17-25(18-14-23)37-27(41)11-7-5-9-21-39-31(43)29(51-35(39)49)30-32(44)40(36(50)52-30)22-10-6-8-12-28(42)38-26-19-15-24(16-20-26)34(46)48-4-2/h13-20H,3-12,21-22H2,1-2H3,(H,37,41)(H,38,42)/b30-29+. The lowest BCUT2D eigenvalue weighted by atomic mass is 10.1. The van der Waals surface area contributed by atoms with Crippen molar-refractivity contribution in [2.75, 3.05) is 36.9 Å². The van der Waals surface area contributed by atoms with E-state index in [-0.39, 0.29) is 46.7 Å². The Kier molecular flexibility index (Phi) is 15.8. The molecule has 0 saturated carbocycles. The first-order valence-corrected chi connectivity index (χ1v) is 19.4. The first-order valence-electron chi connectivity index (χ1n) is 17.0. The van der Waals surface area contributed by atoms with Gasteiger partial charge >= 0.3 is 11.9 Å². The van der Waals surface area contributed by atoms with Gasteiger partial charge in [-0.25, -0.2) is 9.59 Å². The smallest absolute Gasteiger partial charge is 0.338 e. The van der Waals surface area contributed by atoms with Gasteiger partial charge < -0.3 is 20.1 Å². The van der Waals surface area contributed by atoms with Crippen LogP contribution >= 0.6 is 48.0 Å². The molecule has 2 aliphatic heterocycles. The Balaban J connectivity index is 1.14. The van der Waals surface area contributed by atoms with Gasteiger partial charge in [0.2, 0.25) is 11.8 Å². The summed E-state index contributed by atoms with van der Waals surface area (Å²) in [4.78, 5) is 78.5. The number of carbonyl (C=O) groups is 6. The van der Waals surface area contributed by atoms with Gasteiger partial charge in [0, 0.05) is 37.3 Å². The second-order valence-corrected chi connectivity index (χ2v) is 14.9. The molecule has 52 heavy (non-hydrogen) atoms. The third-order valence-corrected chi connectivity index (χ3v) is 10.9. The minimum Gasteiger partial charge on any atom is -0.462 e. The maximum Gasteiger partial charge on any atom is 0.338 e. The number of nitrogens with one attached hydrogen (secondary N) is 2. The molecule has 0 aliphatic carbocycles. The average Bonchev–Trinajstić information content (AvgIpc) is 3.56. The van der Waals surface area contributed by atoms with Crippen LogP contribution in [0.3, 0.4) is 0 Å². The van der Waals surface area contributed by atoms with Crippen molar-refractivity contribution in [2.45, 2.75) is 65.2 Å². The number of amides is 4. The number of rotatable bonds is 18. The third kappa shape index (κ3) is 11.4. The van der Waals surface area contributed by atoms with E-state index in [2.05, 4.69) is 10.6 Å². The van der Waals surface area contributed by atoms with Crippen LogP contribution in [-0.4, -0.2) is 80.3 Å². The van der Waals surface area contributed by atoms with Crippen LogP contribution in [0.1, 0.15) is 85.9 Å². The van der Waals surface area contributed by atoms with Crippen LogP contribution in [-0.2, 0) is 28.7 Å². The Hall–Kier alpha value is -4.12. The summed E-state index contributed by atoms with van der Waals surface area (Å²) < 4.78 is 10.7. The minimum atomic E-state index is -0.417. The van der Waals surface area contributed by atoms with Crippen LogP contribution in [0.15, 0.2) is 58.3 Å². The van der Waals surface area contributed by atoms with E-state index >= 15 is 0 Å². The van der Waals surface area contributed by atoms with Crippen LogP contribution < -0.4 is 10.6 Å². The Morgan fingerprint density at radius 2 is 0.962 bits per heavy atom. The van der Waals surface area contributed by atoms with Gasteiger partial charge in [0.05, 0.1) is 34.2 Å². The number of benzene rings is 2. The molecule has 16 heteroatoms. The lowest BCUT2D eigenvalue weighted by Crippen LogP contribution is -2.31. The van der Waals surface area contributed by atoms with Gasteiger partial charge in [-0.05, 0) is 88.1 Å². The molecule has 276 valence electrons. The Labute approximate surface area is 321 Å². The summed E-state index contributed by atoms with van der Waals surface area (Å²) in [6, 6.07) is 13.0. The summed E-state index contributed by atoms with van der Waals surface area (Å²) in [5.41, 5.74) is 1.99. The number of thiocarbonyl (C=S) groups is 2. The first-order chi connectivity index (χ1) is 25.0. The van der Waals surface area contributed by atoms with Gasteiger partial charge in [-0.3, -0.25) is 29.0 Å². The van der Waals surface area contributed by atoms with Crippen LogP contribution in [0.2, 0.25) is 0 Å². The number of carbonyl (C=O) groups excluding carboxylic acids is 6. The average molecular weight is 785 g/mol. The van der Waals surface area contributed by atoms with Gasteiger partial charge in [-0.1, -0.05) is 60.8 Å². The Morgan fingerprint density at radius 1 is 0.596 bits per heavy atom. The van der Waals surface area contributed by atoms with Crippen LogP contribution in [0.25, 0.3) is 0 Å². The molecule has 2 heterocycles. The fourth-order valence-electron chi connectivity index (χ4n) is 5.18. The van der Waals surface area contributed by atoms with Gasteiger partial charge in [-0.2, -0.15) is 0 Å². The second-order valence-electron chi connectivity index (χ2n) is 11.6. The fraction of sp³-hybridized carbons (Fsp3) is 0.389. The molecule has 0 spiro atoms. The van der Waals surface area contributed by atoms with E-state index in [9.17, 15) is 28.8 Å². The van der Waals surface area contributed by atoms with Crippen molar-refractivity contribution >= 4 is 104 Å². The molecule has 0 aromatic heterocycles. The SMILES string of the molecule is CCOC(=O)c1ccc(NC(=O)CCCCCN2C(=O)/C(=C3\SC(=S)N(CCCCCC(=O)Nc4ccc(C(=O)OCC)cc4)C3=O)SC2=S)cc1. The molecule has 2 N–H and O–H groups in total. The van der Waals surface area contributed by atoms with Gasteiger partial charge in [0.25, 0.3) is 11.8 Å². The van der Waals surface area contributed by atoms with Crippen molar-refractivity contribution in [3.8, 4) is 0 Å². The highest BCUT2D eigenvalue weighted by Gasteiger charge is 2.41. The highest BCUT2D eigenvalue weighted by Crippen LogP contribution is 2.42. The van der Waals surface area contributed by atoms with Crippen LogP contribution in [0.4, 0.5) is 11.4 Å². The summed E-state index contributed by atoms with van der Waals surface area (Å²) in [5.74, 6) is -1.78. The zero-order valence-corrected chi connectivity index (χ0v) is 32.2. The molecule has 0 radical (unpaired) electrons. The summed E-state index contributed by atoms with van der Waals surface area (Å²) in [6.07, 6.45) is 4.44. The summed E-state index contributed by atoms with van der Waals surface area (Å²) >= 11 is 13.1. The zero-order chi connectivity index (χ0) is 37.6. The molecule has 2 fully saturated rings. The van der Waals surface area contributed by atoms with Crippen molar-refractivity contribution in [1.82, 2.24) is 9.80 Å². The maximum atomic E-state index is 13.3. The van der Waals surface area contributed by atoms with Crippen molar-refractivity contribution in [3.05, 3.63) is 69.5 Å². The maximum absolute atomic E-state index is 13.3. The van der Waals surface area contributed by atoms with E-state index in [1.165, 1.54) is 9.80 Å². The van der Waals surface area contributed by atoms with Crippen LogP contribution in [0, 0.1) is 0 Å². The molecule has 4 amide bonds. The lowest BCUT2D eigenvalue weighted by Gasteiger charge is -2.14. The van der Waals surface area contributed by atoms with E-state index in [0.29, 0.717) is 95.6 Å². The number of ether oxygens (including phenoxy) is 2. The molecule has 4 rings (SSSR count). The molecule has 0 unspecified atom stereocenters. The third-order valence-electron chi connectivity index (χ3n) is 7.84. The highest BCUT2D eigenvalue weighted by molar-refractivity contribution is 8.29. The van der Waals surface area contributed by atoms with E-state index in [1.807, 2.05) is 0 Å². The Bertz CT molecular complexity index is 1600. The van der Waals surface area contributed by atoms with Gasteiger partial charge in [0.15, 0.2) is 0 Å². The van der Waals surface area contributed by atoms with Crippen molar-refractivity contribution in [2.24, 2.45) is 0 Å². The largest absolute Gasteiger partial charge is 0.462 e. The summed E-state index contributed by atoms with van der Waals surface area (Å²) in [7, 11) is 0. The topological polar surface area (TPSA) is 151 Å². The number of nitrogens with zero attached hydrogens (tertiary/aromatic N) is 2. The molecule has 2 aromatic rings. The van der Waals surface area contributed by atoms with Crippen molar-refractivity contribution < 1.29 is 38.2 Å². The molecule has 2 aliphatic rings. The fourth-order valence-corrected chi connectivity index (χ4v) is 7.95. The van der Waals surface area contributed by atoms with Crippen molar-refractivity contribution in [3.63, 3.8) is 0 Å². The Morgan fingerprint density at radius 3 is 1.31 bits per heavy atom. The number of hydrogen-bond donors (Lipinski definition) is 2. The second kappa shape index (κ2) is 20.2. The highest BCUT2D eigenvalue weighted by atomic mass is 32.2. The molecular formula is C36H40N4O8S4. The van der Waals surface area contributed by atoms with E-state index in [1.54, 1.807) is 62.4 Å². The monoisotopic (exact) mass is 784 g/mol. The number of unbranched alkanes of at least 4 members (excludes halogenated alkanes) is 4. The molecule has 12 nitrogen and oxygen atoms in total. The molecular weight excluding hydrogens is 745 g/mol. The van der Waals surface area contributed by atoms with E-state index in [0.717, 1.165) is 23.5 Å². The predicted octanol–water partition coefficient (Wildman–Crippen LogP) is 6.67. The summed E-state index contributed by atoms with van der Waals surface area (Å²) in [6.45, 7) is 4.78. The van der Waals surface area contributed by atoms with Crippen molar-refractivity contribution in [1.29, 1.82) is 0 Å². The van der Waals surface area contributed by atoms with E-state index < -0.39 is 11.9 Å². The van der Waals surface area contributed by atoms with E-state index in [4.69, 9.17) is 33.9 Å². The molecule has 2 aromatic carbocycles. The first kappa shape index (κ1) is 40.6. The zero-order valence-electron chi connectivity index (χ0n) is 28.9. The van der Waals surface area contributed by atoms with Gasteiger partial charge in [-0.15, -0.1) is 0 Å². The molecule has 0 atom stereocenters. The van der Waals surface area contributed by atoms with Gasteiger partial charge in [0.1, 0.15) is 8.64 Å². The predicted molar refractivity (Wildman–Crippen MR) is 210 cm³/mol. The number of anilines is 2. The molecule has 0 bridgehead atoms. The summed E-state index contributed by atoms with van der Waals surface area (Å²) in [5, 5.41) is 5.62. The van der Waals surface area contributed by atoms with Crippen LogP contribution in [0.5, 0.6) is 0 Å². The lowest BCUT2D eigenvalue weighted by molar-refractivity contribution is -0.124. The normalized spacial score (nSPS) is 15.7. The number of esters is 2. The molecule has 2 saturated heterocycles.